The molecule has 0 unspecified atom stereocenters. The molecule has 1 aliphatic rings. The van der Waals surface area contributed by atoms with E-state index in [9.17, 15) is 4.79 Å². The number of ether oxygens (including phenoxy) is 1. The molecule has 0 N–H and O–H groups in total. The van der Waals surface area contributed by atoms with E-state index < -0.39 is 0 Å². The van der Waals surface area contributed by atoms with Crippen molar-refractivity contribution in [2.45, 2.75) is 33.7 Å². The van der Waals surface area contributed by atoms with E-state index in [1.54, 1.807) is 16.2 Å². The molecule has 30 heavy (non-hydrogen) atoms. The number of amides is 1. The number of aryl methyl sites for hydroxylation is 2. The van der Waals surface area contributed by atoms with Crippen LogP contribution in [0.15, 0.2) is 24.3 Å². The number of nitrogens with zero attached hydrogens (tertiary/aromatic N) is 5. The fraction of sp³-hybridized carbons (Fsp3) is 0.500. The number of carbonyl (C=O) groups is 1. The van der Waals surface area contributed by atoms with Gasteiger partial charge in [0.1, 0.15) is 0 Å². The van der Waals surface area contributed by atoms with Crippen LogP contribution >= 0.6 is 11.3 Å². The van der Waals surface area contributed by atoms with Crippen LogP contribution in [0, 0.1) is 13.8 Å². The van der Waals surface area contributed by atoms with Crippen LogP contribution in [-0.2, 0) is 4.74 Å². The Morgan fingerprint density at radius 1 is 1.23 bits per heavy atom. The van der Waals surface area contributed by atoms with Crippen LogP contribution in [0.5, 0.6) is 0 Å². The maximum atomic E-state index is 13.5. The maximum absolute atomic E-state index is 13.5. The third kappa shape index (κ3) is 4.40. The fourth-order valence-electron chi connectivity index (χ4n) is 3.74. The minimum absolute atomic E-state index is 0.0958. The molecule has 0 radical (unpaired) electrons. The topological polar surface area (TPSA) is 63.5 Å². The van der Waals surface area contributed by atoms with Gasteiger partial charge in [-0.25, -0.2) is 4.98 Å². The summed E-state index contributed by atoms with van der Waals surface area (Å²) in [6.07, 6.45) is 0. The summed E-state index contributed by atoms with van der Waals surface area (Å²) in [5.74, 6) is -0.0958. The average molecular weight is 428 g/mol. The van der Waals surface area contributed by atoms with Gasteiger partial charge in [-0.05, 0) is 51.5 Å². The Bertz CT molecular complexity index is 1040. The van der Waals surface area contributed by atoms with E-state index in [0.717, 1.165) is 53.9 Å². The Morgan fingerprint density at radius 3 is 2.70 bits per heavy atom. The average Bonchev–Trinajstić information content (AvgIpc) is 3.32. The van der Waals surface area contributed by atoms with Crippen LogP contribution in [0.3, 0.4) is 0 Å². The molecule has 0 bridgehead atoms. The van der Waals surface area contributed by atoms with E-state index in [0.29, 0.717) is 12.2 Å². The molecule has 0 saturated carbocycles. The first kappa shape index (κ1) is 21.0. The molecule has 1 aromatic carbocycles. The first-order chi connectivity index (χ1) is 14.4. The summed E-state index contributed by atoms with van der Waals surface area (Å²) in [5, 5.41) is 5.31. The maximum Gasteiger partial charge on any atom is 0.280 e. The van der Waals surface area contributed by atoms with Gasteiger partial charge in [-0.2, -0.15) is 5.10 Å². The van der Waals surface area contributed by atoms with E-state index in [1.807, 2.05) is 23.7 Å². The van der Waals surface area contributed by atoms with Gasteiger partial charge in [0, 0.05) is 37.9 Å². The normalized spacial score (nSPS) is 15.2. The second kappa shape index (κ2) is 8.83. The number of rotatable bonds is 6. The smallest absolute Gasteiger partial charge is 0.280 e. The molecule has 0 aliphatic carbocycles. The first-order valence-corrected chi connectivity index (χ1v) is 11.3. The Balaban J connectivity index is 1.64. The van der Waals surface area contributed by atoms with E-state index in [4.69, 9.17) is 9.72 Å². The van der Waals surface area contributed by atoms with Crippen LogP contribution in [0.25, 0.3) is 10.2 Å². The van der Waals surface area contributed by atoms with Gasteiger partial charge < -0.3 is 4.74 Å². The highest BCUT2D eigenvalue weighted by Gasteiger charge is 2.25. The zero-order chi connectivity index (χ0) is 21.3. The predicted molar refractivity (Wildman–Crippen MR) is 121 cm³/mol. The van der Waals surface area contributed by atoms with Gasteiger partial charge in [0.25, 0.3) is 5.91 Å². The monoisotopic (exact) mass is 427 g/mol. The zero-order valence-corrected chi connectivity index (χ0v) is 18.9. The second-order valence-electron chi connectivity index (χ2n) is 8.09. The molecule has 1 amide bonds. The van der Waals surface area contributed by atoms with E-state index in [-0.39, 0.29) is 11.9 Å². The van der Waals surface area contributed by atoms with Crippen LogP contribution in [0.4, 0.5) is 5.13 Å². The summed E-state index contributed by atoms with van der Waals surface area (Å²) in [7, 11) is 0. The Hall–Kier alpha value is -2.29. The number of hydrogen-bond acceptors (Lipinski definition) is 6. The van der Waals surface area contributed by atoms with Gasteiger partial charge in [0.05, 0.1) is 23.4 Å². The second-order valence-corrected chi connectivity index (χ2v) is 9.10. The van der Waals surface area contributed by atoms with E-state index in [1.165, 1.54) is 5.56 Å². The number of fused-ring (bicyclic) bond motifs is 1. The molecule has 1 aliphatic heterocycles. The summed E-state index contributed by atoms with van der Waals surface area (Å²) in [6.45, 7) is 12.8. The number of hydrogen-bond donors (Lipinski definition) is 0. The third-order valence-electron chi connectivity index (χ3n) is 5.38. The quantitative estimate of drug-likeness (QED) is 0.601. The standard InChI is InChI=1S/C22H29N5O2S/c1-15(2)27-17(4)14-19(24-27)21(28)26(8-7-25-9-11-29-12-10-25)22-23-18-6-5-16(3)13-20(18)30-22/h5-6,13-15H,7-12H2,1-4H3. The van der Waals surface area contributed by atoms with E-state index in [2.05, 4.69) is 42.9 Å². The van der Waals surface area contributed by atoms with Crippen molar-refractivity contribution in [2.24, 2.45) is 0 Å². The Kier molecular flexibility index (Phi) is 6.17. The SMILES string of the molecule is Cc1ccc2nc(N(CCN3CCOCC3)C(=O)c3cc(C)n(C(C)C)n3)sc2c1. The molecule has 8 heteroatoms. The third-order valence-corrected chi connectivity index (χ3v) is 6.42. The first-order valence-electron chi connectivity index (χ1n) is 10.5. The van der Waals surface area contributed by atoms with Gasteiger partial charge in [-0.1, -0.05) is 17.4 Å². The lowest BCUT2D eigenvalue weighted by Crippen LogP contribution is -2.43. The van der Waals surface area contributed by atoms with Crippen molar-refractivity contribution in [1.29, 1.82) is 0 Å². The minimum Gasteiger partial charge on any atom is -0.379 e. The fourth-order valence-corrected chi connectivity index (χ4v) is 4.83. The molecule has 7 nitrogen and oxygen atoms in total. The van der Waals surface area contributed by atoms with Gasteiger partial charge in [0.2, 0.25) is 0 Å². The van der Waals surface area contributed by atoms with Gasteiger partial charge in [-0.15, -0.1) is 0 Å². The summed E-state index contributed by atoms with van der Waals surface area (Å²) in [5.41, 5.74) is 3.57. The van der Waals surface area contributed by atoms with Gasteiger partial charge >= 0.3 is 0 Å². The van der Waals surface area contributed by atoms with Gasteiger partial charge in [-0.3, -0.25) is 19.3 Å². The highest BCUT2D eigenvalue weighted by Crippen LogP contribution is 2.30. The molecule has 1 fully saturated rings. The minimum atomic E-state index is -0.0958. The van der Waals surface area contributed by atoms with Gasteiger partial charge in [0.15, 0.2) is 10.8 Å². The largest absolute Gasteiger partial charge is 0.379 e. The number of thiazole rings is 1. The Morgan fingerprint density at radius 2 is 2.00 bits per heavy atom. The molecule has 2 aromatic heterocycles. The highest BCUT2D eigenvalue weighted by atomic mass is 32.1. The molecule has 1 saturated heterocycles. The lowest BCUT2D eigenvalue weighted by Gasteiger charge is -2.29. The summed E-state index contributed by atoms with van der Waals surface area (Å²) in [4.78, 5) is 22.4. The van der Waals surface area contributed by atoms with Crippen LogP contribution in [0.1, 0.15) is 41.6 Å². The summed E-state index contributed by atoms with van der Waals surface area (Å²) in [6, 6.07) is 8.28. The summed E-state index contributed by atoms with van der Waals surface area (Å²) < 4.78 is 8.45. The molecule has 160 valence electrons. The molecule has 3 heterocycles. The molecule has 0 spiro atoms. The molecular formula is C22H29N5O2S. The van der Waals surface area contributed by atoms with Crippen molar-refractivity contribution >= 4 is 32.6 Å². The molecule has 0 atom stereocenters. The van der Waals surface area contributed by atoms with Crippen molar-refractivity contribution in [2.75, 3.05) is 44.3 Å². The lowest BCUT2D eigenvalue weighted by atomic mass is 10.2. The molecule has 4 rings (SSSR count). The van der Waals surface area contributed by atoms with Crippen molar-refractivity contribution < 1.29 is 9.53 Å². The number of benzene rings is 1. The zero-order valence-electron chi connectivity index (χ0n) is 18.1. The number of morpholine rings is 1. The number of carbonyl (C=O) groups excluding carboxylic acids is 1. The van der Waals surface area contributed by atoms with Crippen LogP contribution in [-0.4, -0.2) is 65.0 Å². The van der Waals surface area contributed by atoms with E-state index >= 15 is 0 Å². The Labute approximate surface area is 181 Å². The molecule has 3 aromatic rings. The summed E-state index contributed by atoms with van der Waals surface area (Å²) >= 11 is 1.56. The van der Waals surface area contributed by atoms with Crippen molar-refractivity contribution in [3.8, 4) is 0 Å². The number of anilines is 1. The highest BCUT2D eigenvalue weighted by molar-refractivity contribution is 7.22. The van der Waals surface area contributed by atoms with Crippen molar-refractivity contribution in [1.82, 2.24) is 19.7 Å². The van der Waals surface area contributed by atoms with Crippen molar-refractivity contribution in [3.05, 3.63) is 41.2 Å². The van der Waals surface area contributed by atoms with Crippen LogP contribution in [0.2, 0.25) is 0 Å². The lowest BCUT2D eigenvalue weighted by molar-refractivity contribution is 0.0391. The number of aromatic nitrogens is 3. The molecular weight excluding hydrogens is 398 g/mol. The van der Waals surface area contributed by atoms with Crippen molar-refractivity contribution in [3.63, 3.8) is 0 Å². The van der Waals surface area contributed by atoms with Crippen LogP contribution < -0.4 is 4.90 Å². The predicted octanol–water partition coefficient (Wildman–Crippen LogP) is 3.67.